The number of thioether (sulfide) groups is 1. The highest BCUT2D eigenvalue weighted by Crippen LogP contribution is 2.64. The van der Waals surface area contributed by atoms with Crippen molar-refractivity contribution in [3.8, 4) is 0 Å². The minimum Gasteiger partial charge on any atom is -0.395 e. The highest BCUT2D eigenvalue weighted by atomic mass is 32.2. The Morgan fingerprint density at radius 2 is 2.12 bits per heavy atom. The molecule has 1 heterocycles. The largest absolute Gasteiger partial charge is 0.395 e. The molecule has 92 valence electrons. The van der Waals surface area contributed by atoms with Gasteiger partial charge in [0.1, 0.15) is 0 Å². The van der Waals surface area contributed by atoms with Gasteiger partial charge in [-0.25, -0.2) is 0 Å². The van der Waals surface area contributed by atoms with Crippen LogP contribution in [0, 0.1) is 5.41 Å². The van der Waals surface area contributed by atoms with Crippen LogP contribution in [0.4, 0.5) is 0 Å². The molecule has 0 aromatic heterocycles. The first-order valence-electron chi connectivity index (χ1n) is 6.46. The van der Waals surface area contributed by atoms with E-state index in [1.54, 1.807) is 0 Å². The predicted octanol–water partition coefficient (Wildman–Crippen LogP) is 3.38. The predicted molar refractivity (Wildman–Crippen MR) is 72.6 cm³/mol. The summed E-state index contributed by atoms with van der Waals surface area (Å²) in [5.74, 6) is 1.25. The molecule has 1 aliphatic heterocycles. The van der Waals surface area contributed by atoms with Crippen molar-refractivity contribution in [3.05, 3.63) is 29.3 Å². The number of rotatable bonds is 2. The standard InChI is InChI=1S/C15H20OS/c1-14(2)9-15(14,10-16)12-5-6-13-11(8-12)4-3-7-17-13/h5-6,8,16H,3-4,7,9-10H2,1-2H3. The lowest BCUT2D eigenvalue weighted by Gasteiger charge is -2.22. The number of hydrogen-bond acceptors (Lipinski definition) is 2. The first-order valence-corrected chi connectivity index (χ1v) is 7.45. The summed E-state index contributed by atoms with van der Waals surface area (Å²) < 4.78 is 0. The SMILES string of the molecule is CC1(C)CC1(CO)c1ccc2c(c1)CCCS2. The lowest BCUT2D eigenvalue weighted by molar-refractivity contribution is 0.231. The van der Waals surface area contributed by atoms with Crippen molar-refractivity contribution in [1.82, 2.24) is 0 Å². The van der Waals surface area contributed by atoms with Gasteiger partial charge in [-0.05, 0) is 47.6 Å². The fourth-order valence-corrected chi connectivity index (χ4v) is 4.24. The van der Waals surface area contributed by atoms with E-state index < -0.39 is 0 Å². The maximum absolute atomic E-state index is 9.74. The van der Waals surface area contributed by atoms with Gasteiger partial charge in [0.25, 0.3) is 0 Å². The minimum atomic E-state index is 0.0319. The molecule has 1 aliphatic carbocycles. The van der Waals surface area contributed by atoms with Gasteiger partial charge in [-0.1, -0.05) is 26.0 Å². The van der Waals surface area contributed by atoms with Gasteiger partial charge in [0.2, 0.25) is 0 Å². The van der Waals surface area contributed by atoms with E-state index in [1.807, 2.05) is 11.8 Å². The zero-order valence-electron chi connectivity index (χ0n) is 10.6. The Bertz CT molecular complexity index is 452. The highest BCUT2D eigenvalue weighted by Gasteiger charge is 2.61. The zero-order valence-corrected chi connectivity index (χ0v) is 11.4. The summed E-state index contributed by atoms with van der Waals surface area (Å²) in [7, 11) is 0. The Hall–Kier alpha value is -0.470. The molecule has 0 amide bonds. The average Bonchev–Trinajstić information content (AvgIpc) is 2.92. The fourth-order valence-electron chi connectivity index (χ4n) is 3.22. The smallest absolute Gasteiger partial charge is 0.0533 e. The summed E-state index contributed by atoms with van der Waals surface area (Å²) in [6.45, 7) is 4.81. The lowest BCUT2D eigenvalue weighted by atomic mass is 9.87. The number of hydrogen-bond donors (Lipinski definition) is 1. The van der Waals surface area contributed by atoms with Crippen LogP contribution in [0.3, 0.4) is 0 Å². The lowest BCUT2D eigenvalue weighted by Crippen LogP contribution is -2.19. The van der Waals surface area contributed by atoms with Crippen molar-refractivity contribution in [2.24, 2.45) is 5.41 Å². The summed E-state index contributed by atoms with van der Waals surface area (Å²) in [4.78, 5) is 1.45. The average molecular weight is 248 g/mol. The van der Waals surface area contributed by atoms with Crippen molar-refractivity contribution in [1.29, 1.82) is 0 Å². The van der Waals surface area contributed by atoms with Gasteiger partial charge in [0.05, 0.1) is 6.61 Å². The number of fused-ring (bicyclic) bond motifs is 1. The van der Waals surface area contributed by atoms with Crippen LogP contribution < -0.4 is 0 Å². The van der Waals surface area contributed by atoms with Gasteiger partial charge in [0.15, 0.2) is 0 Å². The zero-order chi connectivity index (χ0) is 12.1. The number of aryl methyl sites for hydroxylation is 1. The van der Waals surface area contributed by atoms with Crippen LogP contribution in [0.2, 0.25) is 0 Å². The van der Waals surface area contributed by atoms with Crippen LogP contribution >= 0.6 is 11.8 Å². The molecule has 1 nitrogen and oxygen atoms in total. The summed E-state index contributed by atoms with van der Waals surface area (Å²) in [5.41, 5.74) is 3.14. The van der Waals surface area contributed by atoms with Crippen molar-refractivity contribution in [2.75, 3.05) is 12.4 Å². The molecule has 1 aromatic carbocycles. The second-order valence-electron chi connectivity index (χ2n) is 6.08. The Morgan fingerprint density at radius 3 is 2.76 bits per heavy atom. The number of benzene rings is 1. The molecule has 17 heavy (non-hydrogen) atoms. The molecule has 1 saturated carbocycles. The number of aliphatic hydroxyl groups is 1. The molecule has 1 unspecified atom stereocenters. The van der Waals surface area contributed by atoms with Crippen LogP contribution in [-0.4, -0.2) is 17.5 Å². The molecule has 2 heteroatoms. The molecule has 0 saturated heterocycles. The molecule has 1 aromatic rings. The van der Waals surface area contributed by atoms with E-state index in [2.05, 4.69) is 32.0 Å². The quantitative estimate of drug-likeness (QED) is 0.866. The van der Waals surface area contributed by atoms with Crippen LogP contribution in [0.25, 0.3) is 0 Å². The van der Waals surface area contributed by atoms with Crippen LogP contribution in [0.1, 0.15) is 37.8 Å². The normalized spacial score (nSPS) is 29.8. The first-order chi connectivity index (χ1) is 8.09. The van der Waals surface area contributed by atoms with Crippen LogP contribution in [-0.2, 0) is 11.8 Å². The highest BCUT2D eigenvalue weighted by molar-refractivity contribution is 7.99. The van der Waals surface area contributed by atoms with Gasteiger partial charge >= 0.3 is 0 Å². The maximum Gasteiger partial charge on any atom is 0.0533 e. The van der Waals surface area contributed by atoms with Crippen LogP contribution in [0.15, 0.2) is 23.1 Å². The van der Waals surface area contributed by atoms with Gasteiger partial charge < -0.3 is 5.11 Å². The van der Waals surface area contributed by atoms with Crippen molar-refractivity contribution < 1.29 is 5.11 Å². The van der Waals surface area contributed by atoms with E-state index in [0.29, 0.717) is 0 Å². The summed E-state index contributed by atoms with van der Waals surface area (Å²) in [5, 5.41) is 9.74. The third-order valence-electron chi connectivity index (χ3n) is 4.65. The Labute approximate surface area is 108 Å². The van der Waals surface area contributed by atoms with E-state index in [4.69, 9.17) is 0 Å². The first kappa shape index (κ1) is 11.6. The fraction of sp³-hybridized carbons (Fsp3) is 0.600. The second-order valence-corrected chi connectivity index (χ2v) is 7.21. The summed E-state index contributed by atoms with van der Waals surface area (Å²) in [6, 6.07) is 6.86. The Kier molecular flexibility index (Phi) is 2.57. The van der Waals surface area contributed by atoms with Gasteiger partial charge in [0, 0.05) is 10.3 Å². The van der Waals surface area contributed by atoms with E-state index in [0.717, 1.165) is 6.42 Å². The van der Waals surface area contributed by atoms with Gasteiger partial charge in [-0.15, -0.1) is 11.8 Å². The maximum atomic E-state index is 9.74. The molecule has 2 aliphatic rings. The molecule has 0 spiro atoms. The Balaban J connectivity index is 2.00. The minimum absolute atomic E-state index is 0.0319. The molecule has 1 fully saturated rings. The van der Waals surface area contributed by atoms with Crippen molar-refractivity contribution in [3.63, 3.8) is 0 Å². The summed E-state index contributed by atoms with van der Waals surface area (Å²) in [6.07, 6.45) is 3.61. The molecule has 3 rings (SSSR count). The number of aliphatic hydroxyl groups excluding tert-OH is 1. The van der Waals surface area contributed by atoms with E-state index >= 15 is 0 Å². The Morgan fingerprint density at radius 1 is 1.35 bits per heavy atom. The molecule has 0 radical (unpaired) electrons. The third kappa shape index (κ3) is 1.65. The van der Waals surface area contributed by atoms with Crippen molar-refractivity contribution >= 4 is 11.8 Å². The monoisotopic (exact) mass is 248 g/mol. The van der Waals surface area contributed by atoms with Crippen LogP contribution in [0.5, 0.6) is 0 Å². The molecule has 1 atom stereocenters. The van der Waals surface area contributed by atoms with Crippen molar-refractivity contribution in [2.45, 2.75) is 43.4 Å². The van der Waals surface area contributed by atoms with E-state index in [-0.39, 0.29) is 17.4 Å². The second kappa shape index (κ2) is 3.76. The van der Waals surface area contributed by atoms with E-state index in [9.17, 15) is 5.11 Å². The molecule has 1 N–H and O–H groups in total. The molecular formula is C15H20OS. The third-order valence-corrected chi connectivity index (χ3v) is 5.85. The molecular weight excluding hydrogens is 228 g/mol. The topological polar surface area (TPSA) is 20.2 Å². The van der Waals surface area contributed by atoms with Gasteiger partial charge in [-0.2, -0.15) is 0 Å². The van der Waals surface area contributed by atoms with Gasteiger partial charge in [-0.3, -0.25) is 0 Å². The summed E-state index contributed by atoms with van der Waals surface area (Å²) >= 11 is 1.97. The molecule has 0 bridgehead atoms. The van der Waals surface area contributed by atoms with E-state index in [1.165, 1.54) is 34.6 Å².